The molecule has 0 radical (unpaired) electrons. The van der Waals surface area contributed by atoms with Gasteiger partial charge in [0.2, 0.25) is 18.2 Å². The molecule has 224 valence electrons. The van der Waals surface area contributed by atoms with Crippen LogP contribution in [0.2, 0.25) is 0 Å². The monoisotopic (exact) mass is 592 g/mol. The molecule has 1 aromatic carbocycles. The molecule has 0 aliphatic heterocycles. The topological polar surface area (TPSA) is 159 Å². The van der Waals surface area contributed by atoms with Gasteiger partial charge in [-0.25, -0.2) is 14.6 Å². The molecule has 1 atom stereocenters. The Bertz CT molecular complexity index is 1820. The molecule has 3 heterocycles. The molecule has 3 aromatic heterocycles. The first-order chi connectivity index (χ1) is 21.2. The second-order valence-corrected chi connectivity index (χ2v) is 12.4. The van der Waals surface area contributed by atoms with Crippen LogP contribution in [0.5, 0.6) is 0 Å². The summed E-state index contributed by atoms with van der Waals surface area (Å²) in [6.07, 6.45) is 7.46. The van der Waals surface area contributed by atoms with Crippen molar-refractivity contribution in [2.24, 2.45) is 0 Å². The summed E-state index contributed by atoms with van der Waals surface area (Å²) in [5.74, 6) is 0.680. The molecule has 3 aliphatic rings. The van der Waals surface area contributed by atoms with E-state index < -0.39 is 17.5 Å². The van der Waals surface area contributed by atoms with Gasteiger partial charge < -0.3 is 15.1 Å². The second kappa shape index (κ2) is 10.3. The number of aromatic nitrogens is 4. The predicted octanol–water partition coefficient (Wildman–Crippen LogP) is 4.18. The molecule has 3 saturated carbocycles. The molecule has 3 amide bonds. The van der Waals surface area contributed by atoms with Gasteiger partial charge in [0.25, 0.3) is 0 Å². The summed E-state index contributed by atoms with van der Waals surface area (Å²) < 4.78 is 8.03. The van der Waals surface area contributed by atoms with Gasteiger partial charge in [0.1, 0.15) is 28.7 Å². The number of nitrogens with one attached hydrogen (secondary N) is 2. The van der Waals surface area contributed by atoms with Crippen molar-refractivity contribution in [1.82, 2.24) is 25.1 Å². The summed E-state index contributed by atoms with van der Waals surface area (Å²) in [6.45, 7) is 3.59. The van der Waals surface area contributed by atoms with E-state index >= 15 is 0 Å². The zero-order valence-electron chi connectivity index (χ0n) is 24.5. The number of benzene rings is 1. The molecule has 4 aromatic rings. The van der Waals surface area contributed by atoms with Crippen molar-refractivity contribution < 1.29 is 18.8 Å². The largest absolute Gasteiger partial charge is 0.441 e. The number of rotatable bonds is 11. The fourth-order valence-electron chi connectivity index (χ4n) is 5.44. The fourth-order valence-corrected chi connectivity index (χ4v) is 5.44. The number of carbonyl (C=O) groups is 3. The van der Waals surface area contributed by atoms with Crippen molar-refractivity contribution in [2.75, 3.05) is 10.2 Å². The molecular weight excluding hydrogens is 560 g/mol. The van der Waals surface area contributed by atoms with Gasteiger partial charge >= 0.3 is 0 Å². The molecule has 12 heteroatoms. The van der Waals surface area contributed by atoms with Crippen molar-refractivity contribution in [3.8, 4) is 17.2 Å². The normalized spacial score (nSPS) is 18.2. The van der Waals surface area contributed by atoms with E-state index in [9.17, 15) is 19.6 Å². The van der Waals surface area contributed by atoms with Gasteiger partial charge in [-0.05, 0) is 68.4 Å². The molecule has 0 saturated heterocycles. The average molecular weight is 593 g/mol. The molecule has 3 aliphatic carbocycles. The van der Waals surface area contributed by atoms with E-state index in [4.69, 9.17) is 9.52 Å². The minimum atomic E-state index is -1.01. The summed E-state index contributed by atoms with van der Waals surface area (Å²) in [5.41, 5.74) is 2.78. The lowest BCUT2D eigenvalue weighted by Gasteiger charge is -2.27. The van der Waals surface area contributed by atoms with Crippen molar-refractivity contribution in [3.63, 3.8) is 0 Å². The number of carbonyl (C=O) groups excluding carboxylic acids is 3. The van der Waals surface area contributed by atoms with Crippen molar-refractivity contribution in [2.45, 2.75) is 81.8 Å². The minimum absolute atomic E-state index is 0.00547. The average Bonchev–Trinajstić information content (AvgIpc) is 3.97. The maximum absolute atomic E-state index is 13.8. The lowest BCUT2D eigenvalue weighted by molar-refractivity contribution is -0.124. The lowest BCUT2D eigenvalue weighted by atomic mass is 10.1. The summed E-state index contributed by atoms with van der Waals surface area (Å²) in [7, 11) is 0. The number of hydrogen-bond donors (Lipinski definition) is 2. The van der Waals surface area contributed by atoms with E-state index in [2.05, 4.69) is 33.6 Å². The molecule has 2 N–H and O–H groups in total. The van der Waals surface area contributed by atoms with E-state index in [0.29, 0.717) is 42.0 Å². The van der Waals surface area contributed by atoms with Gasteiger partial charge in [0.05, 0.1) is 24.2 Å². The molecular formula is C32H32N8O4. The Labute approximate surface area is 253 Å². The zero-order valence-corrected chi connectivity index (χ0v) is 24.5. The summed E-state index contributed by atoms with van der Waals surface area (Å²) in [4.78, 5) is 48.3. The molecule has 0 unspecified atom stereocenters. The first-order valence-electron chi connectivity index (χ1n) is 14.9. The van der Waals surface area contributed by atoms with Crippen molar-refractivity contribution in [3.05, 3.63) is 54.2 Å². The van der Waals surface area contributed by atoms with E-state index in [-0.39, 0.29) is 29.7 Å². The van der Waals surface area contributed by atoms with Gasteiger partial charge in [-0.1, -0.05) is 13.0 Å². The molecule has 3 fully saturated rings. The van der Waals surface area contributed by atoms with Gasteiger partial charge in [-0.3, -0.25) is 19.3 Å². The van der Waals surface area contributed by atoms with E-state index in [1.807, 2.05) is 35.0 Å². The number of pyridine rings is 1. The first-order valence-corrected chi connectivity index (χ1v) is 14.9. The highest BCUT2D eigenvalue weighted by Gasteiger charge is 2.48. The Morgan fingerprint density at radius 1 is 1.18 bits per heavy atom. The van der Waals surface area contributed by atoms with Crippen LogP contribution in [-0.2, 0) is 26.2 Å². The maximum atomic E-state index is 13.8. The predicted molar refractivity (Wildman–Crippen MR) is 160 cm³/mol. The molecule has 12 nitrogen and oxygen atoms in total. The highest BCUT2D eigenvalue weighted by atomic mass is 16.3. The van der Waals surface area contributed by atoms with E-state index in [0.717, 1.165) is 42.5 Å². The number of nitriles is 1. The van der Waals surface area contributed by atoms with Crippen LogP contribution >= 0.6 is 0 Å². The van der Waals surface area contributed by atoms with Crippen molar-refractivity contribution >= 4 is 41.0 Å². The van der Waals surface area contributed by atoms with Crippen LogP contribution in [0.1, 0.15) is 70.0 Å². The third-order valence-corrected chi connectivity index (χ3v) is 8.77. The Morgan fingerprint density at radius 2 is 1.95 bits per heavy atom. The number of hydrogen-bond acceptors (Lipinski definition) is 8. The standard InChI is InChI=1S/C32H32N8O4/c1-19(42)35-27-8-4-21(16-34-27)20-3-7-23-25(13-20)44-28(36-23)14-24(30(43)37-32(17-33)11-12-32)39(18-41)29-15-26(31(2)9-10-31)38-40(29)22-5-6-22/h3-4,7-8,13,15-16,18,22,24H,5-6,9-12,14H2,1-2H3,(H,37,43)(H,34,35,42)/t24-/m0/s1. The number of oxazole rings is 1. The van der Waals surface area contributed by atoms with Crippen LogP contribution in [0.25, 0.3) is 22.2 Å². The maximum Gasteiger partial charge on any atom is 0.245 e. The summed E-state index contributed by atoms with van der Waals surface area (Å²) in [6, 6.07) is 12.4. The lowest BCUT2D eigenvalue weighted by Crippen LogP contribution is -2.51. The number of nitrogens with zero attached hydrogens (tertiary/aromatic N) is 6. The van der Waals surface area contributed by atoms with Crippen LogP contribution in [-0.4, -0.2) is 49.6 Å². The molecule has 44 heavy (non-hydrogen) atoms. The van der Waals surface area contributed by atoms with Crippen LogP contribution in [0.4, 0.5) is 11.6 Å². The Morgan fingerprint density at radius 3 is 2.57 bits per heavy atom. The van der Waals surface area contributed by atoms with Crippen LogP contribution < -0.4 is 15.5 Å². The van der Waals surface area contributed by atoms with Crippen LogP contribution in [0.15, 0.2) is 47.0 Å². The molecule has 0 spiro atoms. The molecule has 0 bridgehead atoms. The SMILES string of the molecule is CC(=O)Nc1ccc(-c2ccc3nc(C[C@@H](C(=O)NC4(C#N)CC4)N(C=O)c4cc(C5(C)CC5)nn4C4CC4)oc3c2)cn1. The van der Waals surface area contributed by atoms with Gasteiger partial charge in [0, 0.05) is 30.2 Å². The summed E-state index contributed by atoms with van der Waals surface area (Å²) in [5, 5.41) is 20.1. The van der Waals surface area contributed by atoms with Gasteiger partial charge in [0.15, 0.2) is 11.5 Å². The molecule has 7 rings (SSSR count). The Hall–Kier alpha value is -5.05. The highest BCUT2D eigenvalue weighted by Crippen LogP contribution is 2.49. The van der Waals surface area contributed by atoms with E-state index in [1.54, 1.807) is 12.3 Å². The van der Waals surface area contributed by atoms with Crippen LogP contribution in [0.3, 0.4) is 0 Å². The quantitative estimate of drug-likeness (QED) is 0.246. The summed E-state index contributed by atoms with van der Waals surface area (Å²) >= 11 is 0. The Balaban J connectivity index is 1.20. The second-order valence-electron chi connectivity index (χ2n) is 12.4. The van der Waals surface area contributed by atoms with Gasteiger partial charge in [-0.15, -0.1) is 0 Å². The zero-order chi connectivity index (χ0) is 30.6. The fraction of sp³-hybridized carbons (Fsp3) is 0.406. The number of amides is 3. The first kappa shape index (κ1) is 27.8. The minimum Gasteiger partial charge on any atom is -0.441 e. The third-order valence-electron chi connectivity index (χ3n) is 8.77. The Kier molecular flexibility index (Phi) is 6.49. The van der Waals surface area contributed by atoms with E-state index in [1.165, 1.54) is 11.8 Å². The number of fused-ring (bicyclic) bond motifs is 1. The van der Waals surface area contributed by atoms with Crippen LogP contribution in [0, 0.1) is 11.3 Å². The highest BCUT2D eigenvalue weighted by molar-refractivity contribution is 5.93. The third kappa shape index (κ3) is 5.30. The van der Waals surface area contributed by atoms with Gasteiger partial charge in [-0.2, -0.15) is 10.4 Å². The smallest absolute Gasteiger partial charge is 0.245 e. The number of anilines is 2. The van der Waals surface area contributed by atoms with Crippen molar-refractivity contribution in [1.29, 1.82) is 5.26 Å².